The number of carbonyl (C=O) groups is 2. The highest BCUT2D eigenvalue weighted by atomic mass is 16.2. The van der Waals surface area contributed by atoms with E-state index in [1.807, 2.05) is 36.9 Å². The van der Waals surface area contributed by atoms with E-state index < -0.39 is 0 Å². The van der Waals surface area contributed by atoms with Crippen LogP contribution in [-0.4, -0.2) is 51.5 Å². The largest absolute Gasteiger partial charge is 0.348 e. The molecule has 0 bridgehead atoms. The van der Waals surface area contributed by atoms with E-state index in [0.29, 0.717) is 6.54 Å². The van der Waals surface area contributed by atoms with E-state index in [1.165, 1.54) is 5.56 Å². The molecule has 1 aromatic heterocycles. The SMILES string of the molecule is Cc1ccccc1[C@@H]1c2cccn2CCN1C(=O)CN(C(=O)NC(C)C)C1CC1. The summed E-state index contributed by atoms with van der Waals surface area (Å²) >= 11 is 0. The number of nitrogens with one attached hydrogen (secondary N) is 1. The quantitative estimate of drug-likeness (QED) is 0.846. The number of carbonyl (C=O) groups excluding carboxylic acids is 2. The number of amides is 3. The summed E-state index contributed by atoms with van der Waals surface area (Å²) in [7, 11) is 0. The smallest absolute Gasteiger partial charge is 0.318 e. The Morgan fingerprint density at radius 3 is 2.59 bits per heavy atom. The molecule has 0 saturated heterocycles. The highest BCUT2D eigenvalue weighted by Crippen LogP contribution is 2.35. The van der Waals surface area contributed by atoms with E-state index in [0.717, 1.165) is 30.6 Å². The Morgan fingerprint density at radius 2 is 1.90 bits per heavy atom. The van der Waals surface area contributed by atoms with Gasteiger partial charge in [-0.2, -0.15) is 0 Å². The molecule has 0 spiro atoms. The van der Waals surface area contributed by atoms with Crippen LogP contribution in [0.1, 0.15) is 49.6 Å². The van der Waals surface area contributed by atoms with Crippen LogP contribution in [0.5, 0.6) is 0 Å². The van der Waals surface area contributed by atoms with Gasteiger partial charge in [-0.1, -0.05) is 24.3 Å². The van der Waals surface area contributed by atoms with Crippen LogP contribution in [0, 0.1) is 6.92 Å². The van der Waals surface area contributed by atoms with Gasteiger partial charge in [0.2, 0.25) is 5.91 Å². The van der Waals surface area contributed by atoms with Crippen molar-refractivity contribution in [1.29, 1.82) is 0 Å². The molecular weight excluding hydrogens is 364 g/mol. The average Bonchev–Trinajstić information content (AvgIpc) is 3.41. The lowest BCUT2D eigenvalue weighted by Crippen LogP contribution is -2.51. The first-order valence-electron chi connectivity index (χ1n) is 10.5. The monoisotopic (exact) mass is 394 g/mol. The highest BCUT2D eigenvalue weighted by Gasteiger charge is 2.38. The molecule has 29 heavy (non-hydrogen) atoms. The summed E-state index contributed by atoms with van der Waals surface area (Å²) in [6, 6.07) is 12.4. The van der Waals surface area contributed by atoms with Gasteiger partial charge in [0.05, 0.1) is 6.04 Å². The minimum Gasteiger partial charge on any atom is -0.348 e. The molecule has 1 fully saturated rings. The summed E-state index contributed by atoms with van der Waals surface area (Å²) in [5.41, 5.74) is 3.44. The lowest BCUT2D eigenvalue weighted by atomic mass is 9.95. The van der Waals surface area contributed by atoms with Gasteiger partial charge < -0.3 is 19.7 Å². The van der Waals surface area contributed by atoms with Crippen LogP contribution in [0.2, 0.25) is 0 Å². The van der Waals surface area contributed by atoms with Crippen molar-refractivity contribution in [2.24, 2.45) is 0 Å². The Balaban J connectivity index is 1.61. The van der Waals surface area contributed by atoms with E-state index >= 15 is 0 Å². The van der Waals surface area contributed by atoms with Gasteiger partial charge in [-0.25, -0.2) is 4.79 Å². The number of nitrogens with zero attached hydrogens (tertiary/aromatic N) is 3. The lowest BCUT2D eigenvalue weighted by molar-refractivity contribution is -0.134. The van der Waals surface area contributed by atoms with Crippen LogP contribution in [0.15, 0.2) is 42.6 Å². The third-order valence-electron chi connectivity index (χ3n) is 5.81. The van der Waals surface area contributed by atoms with Crippen LogP contribution in [0.25, 0.3) is 0 Å². The second-order valence-corrected chi connectivity index (χ2v) is 8.44. The molecule has 3 amide bonds. The molecule has 154 valence electrons. The number of fused-ring (bicyclic) bond motifs is 1. The maximum atomic E-state index is 13.5. The Morgan fingerprint density at radius 1 is 1.14 bits per heavy atom. The van der Waals surface area contributed by atoms with Gasteiger partial charge in [0.25, 0.3) is 0 Å². The van der Waals surface area contributed by atoms with Gasteiger partial charge in [-0.05, 0) is 56.9 Å². The van der Waals surface area contributed by atoms with Gasteiger partial charge >= 0.3 is 6.03 Å². The number of aryl methyl sites for hydroxylation is 1. The van der Waals surface area contributed by atoms with Crippen molar-refractivity contribution in [2.75, 3.05) is 13.1 Å². The van der Waals surface area contributed by atoms with Gasteiger partial charge in [0.1, 0.15) is 6.54 Å². The minimum absolute atomic E-state index is 0.0107. The summed E-state index contributed by atoms with van der Waals surface area (Å²) in [5, 5.41) is 2.95. The molecule has 1 saturated carbocycles. The van der Waals surface area contributed by atoms with Crippen LogP contribution in [-0.2, 0) is 11.3 Å². The van der Waals surface area contributed by atoms with Crippen molar-refractivity contribution in [3.05, 3.63) is 59.4 Å². The predicted molar refractivity (Wildman–Crippen MR) is 113 cm³/mol. The zero-order valence-electron chi connectivity index (χ0n) is 17.5. The molecule has 2 heterocycles. The second-order valence-electron chi connectivity index (χ2n) is 8.44. The number of benzene rings is 1. The number of urea groups is 1. The molecule has 6 heteroatoms. The summed E-state index contributed by atoms with van der Waals surface area (Å²) in [5.74, 6) is 0.0107. The lowest BCUT2D eigenvalue weighted by Gasteiger charge is -2.39. The molecule has 4 rings (SSSR count). The topological polar surface area (TPSA) is 57.6 Å². The fourth-order valence-electron chi connectivity index (χ4n) is 4.19. The van der Waals surface area contributed by atoms with Crippen molar-refractivity contribution in [3.63, 3.8) is 0 Å². The third-order valence-corrected chi connectivity index (χ3v) is 5.81. The molecular formula is C23H30N4O2. The summed E-state index contributed by atoms with van der Waals surface area (Å²) in [4.78, 5) is 29.8. The van der Waals surface area contributed by atoms with E-state index in [2.05, 4.69) is 41.2 Å². The second kappa shape index (κ2) is 7.93. The third kappa shape index (κ3) is 4.02. The molecule has 1 atom stereocenters. The van der Waals surface area contributed by atoms with Gasteiger partial charge in [0.15, 0.2) is 0 Å². The number of hydrogen-bond acceptors (Lipinski definition) is 2. The first-order valence-corrected chi connectivity index (χ1v) is 10.5. The van der Waals surface area contributed by atoms with Crippen LogP contribution in [0.4, 0.5) is 4.79 Å². The molecule has 6 nitrogen and oxygen atoms in total. The molecule has 0 unspecified atom stereocenters. The summed E-state index contributed by atoms with van der Waals surface area (Å²) in [6.45, 7) is 7.52. The summed E-state index contributed by atoms with van der Waals surface area (Å²) < 4.78 is 2.23. The highest BCUT2D eigenvalue weighted by molar-refractivity contribution is 5.85. The normalized spacial score (nSPS) is 18.5. The Bertz CT molecular complexity index is 900. The number of hydrogen-bond donors (Lipinski definition) is 1. The summed E-state index contributed by atoms with van der Waals surface area (Å²) in [6.07, 6.45) is 4.03. The van der Waals surface area contributed by atoms with Crippen LogP contribution >= 0.6 is 0 Å². The molecule has 1 aromatic carbocycles. The van der Waals surface area contributed by atoms with Crippen molar-refractivity contribution in [2.45, 2.75) is 58.3 Å². The van der Waals surface area contributed by atoms with Gasteiger partial charge in [-0.15, -0.1) is 0 Å². The number of aromatic nitrogens is 1. The van der Waals surface area contributed by atoms with Crippen molar-refractivity contribution >= 4 is 11.9 Å². The zero-order valence-corrected chi connectivity index (χ0v) is 17.5. The first kappa shape index (κ1) is 19.6. The van der Waals surface area contributed by atoms with Crippen molar-refractivity contribution in [1.82, 2.24) is 19.7 Å². The average molecular weight is 395 g/mol. The van der Waals surface area contributed by atoms with E-state index in [1.54, 1.807) is 4.90 Å². The van der Waals surface area contributed by atoms with E-state index in [-0.39, 0.29) is 36.6 Å². The molecule has 2 aromatic rings. The van der Waals surface area contributed by atoms with Gasteiger partial charge in [-0.3, -0.25) is 4.79 Å². The molecule has 1 N–H and O–H groups in total. The van der Waals surface area contributed by atoms with E-state index in [4.69, 9.17) is 0 Å². The first-order chi connectivity index (χ1) is 14.0. The van der Waals surface area contributed by atoms with E-state index in [9.17, 15) is 9.59 Å². The van der Waals surface area contributed by atoms with Crippen molar-refractivity contribution < 1.29 is 9.59 Å². The van der Waals surface area contributed by atoms with Crippen LogP contribution in [0.3, 0.4) is 0 Å². The zero-order chi connectivity index (χ0) is 20.5. The molecule has 1 aliphatic carbocycles. The maximum absolute atomic E-state index is 13.5. The molecule has 1 aliphatic heterocycles. The van der Waals surface area contributed by atoms with Gasteiger partial charge in [0, 0.05) is 37.1 Å². The fourth-order valence-corrected chi connectivity index (χ4v) is 4.19. The van der Waals surface area contributed by atoms with Crippen LogP contribution < -0.4 is 5.32 Å². The Labute approximate surface area is 172 Å². The molecule has 2 aliphatic rings. The Kier molecular flexibility index (Phi) is 5.35. The standard InChI is InChI=1S/C23H30N4O2/c1-16(2)24-23(29)27(18-10-11-18)15-21(28)26-14-13-25-12-6-9-20(25)22(26)19-8-5-4-7-17(19)3/h4-9,12,16,18,22H,10-11,13-15H2,1-3H3,(H,24,29)/t22-/m1/s1. The molecule has 0 radical (unpaired) electrons. The number of rotatable bonds is 5. The predicted octanol–water partition coefficient (Wildman–Crippen LogP) is 3.31. The Hall–Kier alpha value is -2.76. The van der Waals surface area contributed by atoms with Crippen molar-refractivity contribution in [3.8, 4) is 0 Å². The fraction of sp³-hybridized carbons (Fsp3) is 0.478. The minimum atomic E-state index is -0.135. The maximum Gasteiger partial charge on any atom is 0.318 e.